The van der Waals surface area contributed by atoms with Gasteiger partial charge in [0.25, 0.3) is 5.92 Å². The van der Waals surface area contributed by atoms with Gasteiger partial charge in [-0.25, -0.2) is 22.3 Å². The lowest BCUT2D eigenvalue weighted by molar-refractivity contribution is 0.0999. The molecule has 29 heavy (non-hydrogen) atoms. The fraction of sp³-hybridized carbons (Fsp3) is 0.222. The first-order chi connectivity index (χ1) is 13.6. The fourth-order valence-corrected chi connectivity index (χ4v) is 3.93. The number of nitrogens with two attached hydrogens (primary N) is 1. The number of primary sulfonamides is 1. The molecule has 2 atom stereocenters. The number of ether oxygens (including phenoxy) is 1. The van der Waals surface area contributed by atoms with Crippen LogP contribution in [0.1, 0.15) is 23.3 Å². The highest BCUT2D eigenvalue weighted by Crippen LogP contribution is 2.66. The summed E-state index contributed by atoms with van der Waals surface area (Å²) < 4.78 is 61.9. The minimum atomic E-state index is -3.91. The Kier molecular flexibility index (Phi) is 4.60. The number of nitrogens with zero attached hydrogens (tertiary/aromatic N) is 2. The van der Waals surface area contributed by atoms with Crippen molar-refractivity contribution in [2.24, 2.45) is 5.14 Å². The quantitative estimate of drug-likeness (QED) is 0.648. The summed E-state index contributed by atoms with van der Waals surface area (Å²) in [7, 11) is -2.46. The van der Waals surface area contributed by atoms with E-state index in [2.05, 4.69) is 10.1 Å². The van der Waals surface area contributed by atoms with Gasteiger partial charge in [-0.3, -0.25) is 0 Å². The first kappa shape index (κ1) is 19.7. The number of halogens is 3. The molecule has 0 aliphatic heterocycles. The zero-order chi connectivity index (χ0) is 21.0. The van der Waals surface area contributed by atoms with E-state index in [1.54, 1.807) is 18.2 Å². The fourth-order valence-electron chi connectivity index (χ4n) is 3.24. The SMILES string of the molecule is COc1ccc(Cl)cc1-c1noc(C2C(c3ccc(S(N)(=O)=O)cc3)C2(F)F)n1. The van der Waals surface area contributed by atoms with Crippen molar-refractivity contribution in [3.63, 3.8) is 0 Å². The van der Waals surface area contributed by atoms with Crippen LogP contribution >= 0.6 is 11.6 Å². The van der Waals surface area contributed by atoms with Gasteiger partial charge in [0.2, 0.25) is 21.7 Å². The number of hydrogen-bond donors (Lipinski definition) is 1. The normalized spacial score (nSPS) is 20.4. The van der Waals surface area contributed by atoms with Crippen molar-refractivity contribution >= 4 is 21.6 Å². The molecule has 1 saturated carbocycles. The van der Waals surface area contributed by atoms with Gasteiger partial charge in [0.05, 0.1) is 23.5 Å². The number of alkyl halides is 2. The van der Waals surface area contributed by atoms with E-state index in [0.29, 0.717) is 16.3 Å². The summed E-state index contributed by atoms with van der Waals surface area (Å²) in [5.74, 6) is -5.40. The van der Waals surface area contributed by atoms with Gasteiger partial charge in [0, 0.05) is 5.02 Å². The van der Waals surface area contributed by atoms with E-state index in [9.17, 15) is 17.2 Å². The van der Waals surface area contributed by atoms with Gasteiger partial charge < -0.3 is 9.26 Å². The van der Waals surface area contributed by atoms with E-state index in [1.807, 2.05) is 0 Å². The number of hydrogen-bond acceptors (Lipinski definition) is 6. The summed E-state index contributed by atoms with van der Waals surface area (Å²) in [6.45, 7) is 0. The molecule has 4 rings (SSSR count). The highest BCUT2D eigenvalue weighted by Gasteiger charge is 2.72. The number of sulfonamides is 1. The zero-order valence-corrected chi connectivity index (χ0v) is 16.4. The van der Waals surface area contributed by atoms with Gasteiger partial charge in [-0.05, 0) is 35.9 Å². The second-order valence-electron chi connectivity index (χ2n) is 6.54. The number of rotatable bonds is 5. The van der Waals surface area contributed by atoms with Gasteiger partial charge in [-0.1, -0.05) is 28.9 Å². The van der Waals surface area contributed by atoms with Crippen molar-refractivity contribution in [2.75, 3.05) is 7.11 Å². The Morgan fingerprint density at radius 1 is 1.17 bits per heavy atom. The Bertz CT molecular complexity index is 1180. The molecule has 2 unspecified atom stereocenters. The molecule has 0 amide bonds. The molecule has 2 N–H and O–H groups in total. The molecule has 1 aromatic heterocycles. The molecule has 2 aromatic carbocycles. The van der Waals surface area contributed by atoms with Gasteiger partial charge in [0.1, 0.15) is 11.7 Å². The second-order valence-corrected chi connectivity index (χ2v) is 8.54. The van der Waals surface area contributed by atoms with Gasteiger partial charge in [0.15, 0.2) is 0 Å². The average Bonchev–Trinajstić information content (AvgIpc) is 3.01. The molecular weight excluding hydrogens is 428 g/mol. The van der Waals surface area contributed by atoms with Crippen LogP contribution in [0.4, 0.5) is 8.78 Å². The lowest BCUT2D eigenvalue weighted by atomic mass is 10.1. The van der Waals surface area contributed by atoms with E-state index in [4.69, 9.17) is 26.0 Å². The third-order valence-corrected chi connectivity index (χ3v) is 5.90. The smallest absolute Gasteiger partial charge is 0.268 e. The summed E-state index contributed by atoms with van der Waals surface area (Å²) in [6.07, 6.45) is 0. The van der Waals surface area contributed by atoms with Crippen LogP contribution < -0.4 is 9.88 Å². The Morgan fingerprint density at radius 3 is 2.48 bits per heavy atom. The Morgan fingerprint density at radius 2 is 1.86 bits per heavy atom. The predicted molar refractivity (Wildman–Crippen MR) is 99.5 cm³/mol. The molecule has 1 fully saturated rings. The lowest BCUT2D eigenvalue weighted by Crippen LogP contribution is -2.11. The second kappa shape index (κ2) is 6.75. The molecule has 0 saturated heterocycles. The van der Waals surface area contributed by atoms with Crippen molar-refractivity contribution in [1.82, 2.24) is 10.1 Å². The highest BCUT2D eigenvalue weighted by atomic mass is 35.5. The van der Waals surface area contributed by atoms with Crippen LogP contribution in [0.5, 0.6) is 5.75 Å². The van der Waals surface area contributed by atoms with E-state index < -0.39 is 27.8 Å². The molecule has 0 radical (unpaired) electrons. The summed E-state index contributed by atoms with van der Waals surface area (Å²) in [6, 6.07) is 9.74. The topological polar surface area (TPSA) is 108 Å². The van der Waals surface area contributed by atoms with Crippen LogP contribution in [0.3, 0.4) is 0 Å². The van der Waals surface area contributed by atoms with Gasteiger partial charge in [-0.2, -0.15) is 4.98 Å². The zero-order valence-electron chi connectivity index (χ0n) is 14.8. The third-order valence-electron chi connectivity index (χ3n) is 4.73. The summed E-state index contributed by atoms with van der Waals surface area (Å²) in [5.41, 5.74) is 0.653. The molecular formula is C18H14ClF2N3O4S. The molecule has 11 heteroatoms. The minimum Gasteiger partial charge on any atom is -0.496 e. The maximum Gasteiger partial charge on any atom is 0.268 e. The molecule has 7 nitrogen and oxygen atoms in total. The van der Waals surface area contributed by atoms with E-state index >= 15 is 0 Å². The third kappa shape index (κ3) is 3.47. The molecule has 1 aliphatic rings. The molecule has 0 spiro atoms. The Labute approximate surface area is 169 Å². The Hall–Kier alpha value is -2.56. The molecule has 152 valence electrons. The van der Waals surface area contributed by atoms with Crippen LogP contribution in [0.25, 0.3) is 11.4 Å². The number of aromatic nitrogens is 2. The number of methoxy groups -OCH3 is 1. The van der Waals surface area contributed by atoms with E-state index in [0.717, 1.165) is 0 Å². The Balaban J connectivity index is 1.64. The summed E-state index contributed by atoms with van der Waals surface area (Å²) in [5, 5.41) is 9.22. The van der Waals surface area contributed by atoms with Crippen LogP contribution in [-0.2, 0) is 10.0 Å². The standard InChI is InChI=1S/C18H14ClF2N3O4S/c1-27-13-7-4-10(19)8-12(13)16-23-17(28-24-16)15-14(18(15,20)21)9-2-5-11(6-3-9)29(22,25)26/h2-8,14-15H,1H3,(H2,22,25,26). The number of benzene rings is 2. The van der Waals surface area contributed by atoms with Crippen molar-refractivity contribution in [3.8, 4) is 17.1 Å². The minimum absolute atomic E-state index is 0.0744. The highest BCUT2D eigenvalue weighted by molar-refractivity contribution is 7.89. The summed E-state index contributed by atoms with van der Waals surface area (Å²) in [4.78, 5) is 3.95. The molecule has 1 aliphatic carbocycles. The van der Waals surface area contributed by atoms with Gasteiger partial charge in [-0.15, -0.1) is 0 Å². The molecule has 1 heterocycles. The van der Waals surface area contributed by atoms with E-state index in [-0.39, 0.29) is 22.2 Å². The average molecular weight is 442 g/mol. The van der Waals surface area contributed by atoms with Crippen LogP contribution in [0.2, 0.25) is 5.02 Å². The van der Waals surface area contributed by atoms with E-state index in [1.165, 1.54) is 31.4 Å². The maximum atomic E-state index is 14.5. The first-order valence-corrected chi connectivity index (χ1v) is 10.2. The molecule has 0 bridgehead atoms. The maximum absolute atomic E-state index is 14.5. The summed E-state index contributed by atoms with van der Waals surface area (Å²) >= 11 is 5.99. The van der Waals surface area contributed by atoms with Crippen LogP contribution in [-0.4, -0.2) is 31.6 Å². The van der Waals surface area contributed by atoms with Gasteiger partial charge >= 0.3 is 0 Å². The van der Waals surface area contributed by atoms with Crippen molar-refractivity contribution in [2.45, 2.75) is 22.7 Å². The van der Waals surface area contributed by atoms with Crippen LogP contribution in [0, 0.1) is 0 Å². The first-order valence-electron chi connectivity index (χ1n) is 8.31. The lowest BCUT2D eigenvalue weighted by Gasteiger charge is -2.04. The monoisotopic (exact) mass is 441 g/mol. The van der Waals surface area contributed by atoms with Crippen molar-refractivity contribution in [3.05, 3.63) is 58.9 Å². The van der Waals surface area contributed by atoms with Crippen molar-refractivity contribution in [1.29, 1.82) is 0 Å². The van der Waals surface area contributed by atoms with Crippen LogP contribution in [0.15, 0.2) is 51.9 Å². The predicted octanol–water partition coefficient (Wildman–Crippen LogP) is 3.56. The van der Waals surface area contributed by atoms with Crippen molar-refractivity contribution < 1.29 is 26.5 Å². The molecule has 3 aromatic rings. The largest absolute Gasteiger partial charge is 0.496 e.